The van der Waals surface area contributed by atoms with Crippen LogP contribution >= 0.6 is 0 Å². The number of hydrogen-bond acceptors (Lipinski definition) is 5. The first-order valence-corrected chi connectivity index (χ1v) is 6.78. The van der Waals surface area contributed by atoms with Crippen molar-refractivity contribution in [1.82, 2.24) is 4.72 Å². The molecule has 0 saturated heterocycles. The lowest BCUT2D eigenvalue weighted by Gasteiger charge is -2.07. The molecule has 0 amide bonds. The molecule has 0 aliphatic carbocycles. The molecule has 0 spiro atoms. The Hall–Kier alpha value is -1.51. The second-order valence-corrected chi connectivity index (χ2v) is 5.05. The Morgan fingerprint density at radius 3 is 2.67 bits per heavy atom. The van der Waals surface area contributed by atoms with Crippen molar-refractivity contribution in [2.75, 3.05) is 19.8 Å². The molecule has 0 heterocycles. The molecule has 18 heavy (non-hydrogen) atoms. The average Bonchev–Trinajstić information content (AvgIpc) is 2.35. The quantitative estimate of drug-likeness (QED) is 0.452. The maximum Gasteiger partial charge on any atom is 0.289 e. The summed E-state index contributed by atoms with van der Waals surface area (Å²) >= 11 is 0. The van der Waals surface area contributed by atoms with Crippen LogP contribution in [0.15, 0.2) is 29.2 Å². The van der Waals surface area contributed by atoms with Gasteiger partial charge in [-0.15, -0.1) is 0 Å². The molecule has 0 atom stereocenters. The fourth-order valence-electron chi connectivity index (χ4n) is 1.31. The molecule has 1 N–H and O–H groups in total. The molecule has 0 unspecified atom stereocenters. The van der Waals surface area contributed by atoms with Crippen LogP contribution in [0.2, 0.25) is 0 Å². The monoisotopic (exact) mass is 274 g/mol. The summed E-state index contributed by atoms with van der Waals surface area (Å²) in [6, 6.07) is 5.19. The first-order chi connectivity index (χ1) is 8.49. The smallest absolute Gasteiger partial charge is 0.289 e. The van der Waals surface area contributed by atoms with Crippen molar-refractivity contribution in [3.8, 4) is 0 Å². The largest absolute Gasteiger partial charge is 0.380 e. The second-order valence-electron chi connectivity index (χ2n) is 3.32. The number of nitro groups is 1. The third kappa shape index (κ3) is 3.76. The van der Waals surface area contributed by atoms with Crippen molar-refractivity contribution in [3.05, 3.63) is 34.4 Å². The van der Waals surface area contributed by atoms with E-state index in [1.165, 1.54) is 18.2 Å². The van der Waals surface area contributed by atoms with Gasteiger partial charge in [0.05, 0.1) is 11.5 Å². The van der Waals surface area contributed by atoms with Crippen LogP contribution in [0.4, 0.5) is 5.69 Å². The van der Waals surface area contributed by atoms with Crippen molar-refractivity contribution in [1.29, 1.82) is 0 Å². The van der Waals surface area contributed by atoms with Crippen LogP contribution in [0.25, 0.3) is 0 Å². The Kier molecular flexibility index (Phi) is 5.20. The van der Waals surface area contributed by atoms with Crippen molar-refractivity contribution in [2.24, 2.45) is 0 Å². The molecule has 0 radical (unpaired) electrons. The summed E-state index contributed by atoms with van der Waals surface area (Å²) in [6.07, 6.45) is 0. The van der Waals surface area contributed by atoms with Crippen LogP contribution < -0.4 is 4.72 Å². The molecular weight excluding hydrogens is 260 g/mol. The number of para-hydroxylation sites is 1. The summed E-state index contributed by atoms with van der Waals surface area (Å²) in [4.78, 5) is 9.67. The lowest BCUT2D eigenvalue weighted by Crippen LogP contribution is -2.28. The van der Waals surface area contributed by atoms with Crippen molar-refractivity contribution < 1.29 is 18.1 Å². The van der Waals surface area contributed by atoms with Gasteiger partial charge in [0.15, 0.2) is 4.90 Å². The van der Waals surface area contributed by atoms with Gasteiger partial charge >= 0.3 is 0 Å². The molecule has 8 heteroatoms. The summed E-state index contributed by atoms with van der Waals surface area (Å²) in [6.45, 7) is 2.56. The summed E-state index contributed by atoms with van der Waals surface area (Å²) < 4.78 is 30.9. The average molecular weight is 274 g/mol. The van der Waals surface area contributed by atoms with Gasteiger partial charge in [0, 0.05) is 19.2 Å². The molecule has 1 aromatic carbocycles. The zero-order valence-corrected chi connectivity index (χ0v) is 10.6. The number of nitrogens with zero attached hydrogens (tertiary/aromatic N) is 1. The molecular formula is C10H14N2O5S. The fourth-order valence-corrected chi connectivity index (χ4v) is 2.49. The molecule has 0 fully saturated rings. The van der Waals surface area contributed by atoms with Gasteiger partial charge in [-0.1, -0.05) is 12.1 Å². The highest BCUT2D eigenvalue weighted by Gasteiger charge is 2.24. The van der Waals surface area contributed by atoms with Crippen LogP contribution in [0, 0.1) is 10.1 Å². The highest BCUT2D eigenvalue weighted by Crippen LogP contribution is 2.22. The van der Waals surface area contributed by atoms with E-state index in [-0.39, 0.29) is 18.0 Å². The number of nitro benzene ring substituents is 1. The molecule has 0 aliphatic rings. The Morgan fingerprint density at radius 2 is 2.06 bits per heavy atom. The Labute approximate surface area is 105 Å². The number of sulfonamides is 1. The minimum Gasteiger partial charge on any atom is -0.380 e. The van der Waals surface area contributed by atoms with Gasteiger partial charge in [0.2, 0.25) is 10.0 Å². The van der Waals surface area contributed by atoms with E-state index in [1.54, 1.807) is 6.92 Å². The zero-order chi connectivity index (χ0) is 13.6. The summed E-state index contributed by atoms with van der Waals surface area (Å²) in [7, 11) is -3.89. The second kappa shape index (κ2) is 6.43. The van der Waals surface area contributed by atoms with Gasteiger partial charge < -0.3 is 4.74 Å². The molecule has 0 saturated carbocycles. The topological polar surface area (TPSA) is 98.5 Å². The summed E-state index contributed by atoms with van der Waals surface area (Å²) in [5.41, 5.74) is -0.443. The van der Waals surface area contributed by atoms with E-state index in [9.17, 15) is 18.5 Å². The molecule has 0 bridgehead atoms. The molecule has 1 rings (SSSR count). The lowest BCUT2D eigenvalue weighted by atomic mass is 10.3. The number of benzene rings is 1. The minimum atomic E-state index is -3.89. The van der Waals surface area contributed by atoms with Crippen LogP contribution in [0.5, 0.6) is 0 Å². The third-order valence-electron chi connectivity index (χ3n) is 2.09. The Balaban J connectivity index is 2.88. The van der Waals surface area contributed by atoms with Gasteiger partial charge in [-0.2, -0.15) is 0 Å². The molecule has 0 aliphatic heterocycles. The van der Waals surface area contributed by atoms with Gasteiger partial charge in [-0.25, -0.2) is 13.1 Å². The van der Waals surface area contributed by atoms with Crippen LogP contribution in [-0.4, -0.2) is 33.1 Å². The van der Waals surface area contributed by atoms with Crippen LogP contribution in [0.1, 0.15) is 6.92 Å². The minimum absolute atomic E-state index is 0.0716. The van der Waals surface area contributed by atoms with Gasteiger partial charge in [-0.05, 0) is 13.0 Å². The van der Waals surface area contributed by atoms with Crippen molar-refractivity contribution >= 4 is 15.7 Å². The van der Waals surface area contributed by atoms with Gasteiger partial charge in [0.25, 0.3) is 5.69 Å². The van der Waals surface area contributed by atoms with E-state index in [0.29, 0.717) is 6.61 Å². The summed E-state index contributed by atoms with van der Waals surface area (Å²) in [5.74, 6) is 0. The Morgan fingerprint density at radius 1 is 1.39 bits per heavy atom. The first-order valence-electron chi connectivity index (χ1n) is 5.30. The van der Waals surface area contributed by atoms with E-state index in [0.717, 1.165) is 6.07 Å². The molecule has 100 valence electrons. The number of hydrogen-bond donors (Lipinski definition) is 1. The van der Waals surface area contributed by atoms with Crippen LogP contribution in [0.3, 0.4) is 0 Å². The number of rotatable bonds is 7. The standard InChI is InChI=1S/C10H14N2O5S/c1-2-17-8-7-11-18(15,16)10-6-4-3-5-9(10)12(13)14/h3-6,11H,2,7-8H2,1H3. The number of nitrogens with one attached hydrogen (secondary N) is 1. The maximum atomic E-state index is 11.8. The Bertz CT molecular complexity index is 515. The predicted molar refractivity (Wildman–Crippen MR) is 64.8 cm³/mol. The molecule has 1 aromatic rings. The zero-order valence-electron chi connectivity index (χ0n) is 9.83. The number of ether oxygens (including phenoxy) is 1. The predicted octanol–water partition coefficient (Wildman–Crippen LogP) is 0.910. The molecule has 0 aromatic heterocycles. The fraction of sp³-hybridized carbons (Fsp3) is 0.400. The molecule has 7 nitrogen and oxygen atoms in total. The van der Waals surface area contributed by atoms with Gasteiger partial charge in [0.1, 0.15) is 0 Å². The van der Waals surface area contributed by atoms with Crippen LogP contribution in [-0.2, 0) is 14.8 Å². The van der Waals surface area contributed by atoms with Gasteiger partial charge in [-0.3, -0.25) is 10.1 Å². The van der Waals surface area contributed by atoms with E-state index >= 15 is 0 Å². The highest BCUT2D eigenvalue weighted by molar-refractivity contribution is 7.89. The normalized spacial score (nSPS) is 11.4. The highest BCUT2D eigenvalue weighted by atomic mass is 32.2. The van der Waals surface area contributed by atoms with E-state index < -0.39 is 20.6 Å². The third-order valence-corrected chi connectivity index (χ3v) is 3.60. The first kappa shape index (κ1) is 14.6. The van der Waals surface area contributed by atoms with E-state index in [2.05, 4.69) is 4.72 Å². The van der Waals surface area contributed by atoms with E-state index in [4.69, 9.17) is 4.74 Å². The maximum absolute atomic E-state index is 11.8. The van der Waals surface area contributed by atoms with Crippen molar-refractivity contribution in [3.63, 3.8) is 0 Å². The SMILES string of the molecule is CCOCCNS(=O)(=O)c1ccccc1[N+](=O)[O-]. The summed E-state index contributed by atoms with van der Waals surface area (Å²) in [5, 5.41) is 10.7. The lowest BCUT2D eigenvalue weighted by molar-refractivity contribution is -0.387. The van der Waals surface area contributed by atoms with Crippen molar-refractivity contribution in [2.45, 2.75) is 11.8 Å². The van der Waals surface area contributed by atoms with E-state index in [1.807, 2.05) is 0 Å².